The minimum atomic E-state index is 0.262. The molecule has 1 rings (SSSR count). The molecule has 0 saturated heterocycles. The first kappa shape index (κ1) is 6.61. The van der Waals surface area contributed by atoms with Gasteiger partial charge < -0.3 is 0 Å². The largest absolute Gasteiger partial charge is 0.235 e. The molecule has 0 aromatic carbocycles. The van der Waals surface area contributed by atoms with E-state index in [-0.39, 0.29) is 5.28 Å². The van der Waals surface area contributed by atoms with E-state index in [4.69, 9.17) is 22.3 Å². The first-order chi connectivity index (χ1) is 3.83. The zero-order valence-electron chi connectivity index (χ0n) is 3.47. The zero-order valence-corrected chi connectivity index (χ0v) is 6.61. The molecular weight excluding hydrogens is 187 g/mol. The Balaban J connectivity index is 2.84. The van der Waals surface area contributed by atoms with Gasteiger partial charge in [-0.3, -0.25) is 0 Å². The Morgan fingerprint density at radius 1 is 1.62 bits per heavy atom. The SMILES string of the molecule is ClSc1nc(Cl)ns1. The van der Waals surface area contributed by atoms with Gasteiger partial charge in [0.25, 0.3) is 0 Å². The van der Waals surface area contributed by atoms with Crippen molar-refractivity contribution < 1.29 is 0 Å². The normalized spacial score (nSPS) is 9.75. The van der Waals surface area contributed by atoms with Gasteiger partial charge in [0.05, 0.1) is 0 Å². The smallest absolute Gasteiger partial charge is 0.197 e. The second-order valence-corrected chi connectivity index (χ2v) is 3.26. The van der Waals surface area contributed by atoms with Crippen LogP contribution in [0, 0.1) is 0 Å². The molecule has 2 nitrogen and oxygen atoms in total. The highest BCUT2D eigenvalue weighted by atomic mass is 35.7. The Bertz CT molecular complexity index is 176. The van der Waals surface area contributed by atoms with Crippen LogP contribution in [0.3, 0.4) is 0 Å². The van der Waals surface area contributed by atoms with Crippen molar-refractivity contribution in [2.45, 2.75) is 4.34 Å². The second-order valence-electron chi connectivity index (χ2n) is 0.906. The van der Waals surface area contributed by atoms with Crippen LogP contribution >= 0.6 is 44.8 Å². The molecule has 0 atom stereocenters. The van der Waals surface area contributed by atoms with Crippen LogP contribution in [0.25, 0.3) is 0 Å². The quantitative estimate of drug-likeness (QED) is 0.675. The molecule has 8 heavy (non-hydrogen) atoms. The standard InChI is InChI=1S/C2Cl2N2S2/c3-1-5-2(7-4)8-6-1. The highest BCUT2D eigenvalue weighted by Gasteiger charge is 1.97. The summed E-state index contributed by atoms with van der Waals surface area (Å²) in [6.07, 6.45) is 0. The van der Waals surface area contributed by atoms with Crippen molar-refractivity contribution in [1.29, 1.82) is 0 Å². The van der Waals surface area contributed by atoms with E-state index in [0.29, 0.717) is 4.34 Å². The van der Waals surface area contributed by atoms with Gasteiger partial charge in [0.2, 0.25) is 5.28 Å². The lowest BCUT2D eigenvalue weighted by molar-refractivity contribution is 1.22. The summed E-state index contributed by atoms with van der Waals surface area (Å²) in [5.74, 6) is 0. The predicted octanol–water partition coefficient (Wildman–Crippen LogP) is 2.44. The van der Waals surface area contributed by atoms with E-state index in [2.05, 4.69) is 9.36 Å². The van der Waals surface area contributed by atoms with Crippen molar-refractivity contribution in [3.63, 3.8) is 0 Å². The van der Waals surface area contributed by atoms with Crippen LogP contribution in [0.15, 0.2) is 4.34 Å². The van der Waals surface area contributed by atoms with E-state index < -0.39 is 0 Å². The summed E-state index contributed by atoms with van der Waals surface area (Å²) in [5, 5.41) is 0.262. The Labute approximate surface area is 63.9 Å². The molecule has 0 radical (unpaired) electrons. The lowest BCUT2D eigenvalue weighted by atomic mass is 11.3. The topological polar surface area (TPSA) is 25.8 Å². The minimum Gasteiger partial charge on any atom is -0.197 e. The van der Waals surface area contributed by atoms with Gasteiger partial charge in [0, 0.05) is 11.0 Å². The van der Waals surface area contributed by atoms with Crippen LogP contribution in [0.2, 0.25) is 5.28 Å². The fraction of sp³-hybridized carbons (Fsp3) is 0. The van der Waals surface area contributed by atoms with Crippen molar-refractivity contribution in [2.24, 2.45) is 0 Å². The summed E-state index contributed by atoms with van der Waals surface area (Å²) < 4.78 is 4.36. The highest BCUT2D eigenvalue weighted by molar-refractivity contribution is 8.22. The maximum atomic E-state index is 5.36. The molecule has 0 amide bonds. The summed E-state index contributed by atoms with van der Waals surface area (Å²) in [6.45, 7) is 0. The average Bonchev–Trinajstić information content (AvgIpc) is 2.14. The van der Waals surface area contributed by atoms with Crippen molar-refractivity contribution in [3.8, 4) is 0 Å². The Morgan fingerprint density at radius 2 is 2.38 bits per heavy atom. The molecule has 0 aliphatic heterocycles. The van der Waals surface area contributed by atoms with E-state index in [1.54, 1.807) is 0 Å². The number of nitrogens with zero attached hydrogens (tertiary/aromatic N) is 2. The molecule has 0 aliphatic carbocycles. The zero-order chi connectivity index (χ0) is 5.98. The number of rotatable bonds is 1. The fourth-order valence-electron chi connectivity index (χ4n) is 0.224. The van der Waals surface area contributed by atoms with Crippen LogP contribution in [-0.2, 0) is 0 Å². The molecule has 0 spiro atoms. The second kappa shape index (κ2) is 2.87. The summed E-state index contributed by atoms with van der Waals surface area (Å²) in [4.78, 5) is 3.73. The Hall–Kier alpha value is 0.490. The summed E-state index contributed by atoms with van der Waals surface area (Å²) >= 11 is 6.54. The molecular formula is C2Cl2N2S2. The van der Waals surface area contributed by atoms with Gasteiger partial charge in [-0.1, -0.05) is 0 Å². The van der Waals surface area contributed by atoms with Gasteiger partial charge in [-0.15, -0.1) is 0 Å². The van der Waals surface area contributed by atoms with Crippen molar-refractivity contribution in [1.82, 2.24) is 9.36 Å². The van der Waals surface area contributed by atoms with Crippen LogP contribution < -0.4 is 0 Å². The highest BCUT2D eigenvalue weighted by Crippen LogP contribution is 2.24. The molecule has 6 heteroatoms. The van der Waals surface area contributed by atoms with Gasteiger partial charge >= 0.3 is 0 Å². The van der Waals surface area contributed by atoms with E-state index in [0.717, 1.165) is 11.0 Å². The van der Waals surface area contributed by atoms with Gasteiger partial charge in [-0.05, 0) is 33.8 Å². The third-order valence-corrected chi connectivity index (χ3v) is 2.64. The molecule has 0 bridgehead atoms. The molecule has 0 N–H and O–H groups in total. The minimum absolute atomic E-state index is 0.262. The van der Waals surface area contributed by atoms with Crippen molar-refractivity contribution >= 4 is 44.8 Å². The fourth-order valence-corrected chi connectivity index (χ4v) is 1.54. The summed E-state index contributed by atoms with van der Waals surface area (Å²) in [7, 11) is 6.33. The number of hydrogen-bond acceptors (Lipinski definition) is 4. The maximum absolute atomic E-state index is 5.36. The van der Waals surface area contributed by atoms with Crippen LogP contribution in [-0.4, -0.2) is 9.36 Å². The van der Waals surface area contributed by atoms with E-state index >= 15 is 0 Å². The monoisotopic (exact) mass is 186 g/mol. The molecule has 1 aromatic heterocycles. The third-order valence-electron chi connectivity index (χ3n) is 0.449. The summed E-state index contributed by atoms with van der Waals surface area (Å²) in [5.41, 5.74) is 0. The van der Waals surface area contributed by atoms with Gasteiger partial charge in [-0.2, -0.15) is 9.36 Å². The van der Waals surface area contributed by atoms with E-state index in [1.807, 2.05) is 0 Å². The first-order valence-electron chi connectivity index (χ1n) is 1.60. The first-order valence-corrected chi connectivity index (χ1v) is 4.40. The summed E-state index contributed by atoms with van der Waals surface area (Å²) in [6, 6.07) is 0. The average molecular weight is 187 g/mol. The Kier molecular flexibility index (Phi) is 2.37. The van der Waals surface area contributed by atoms with Crippen molar-refractivity contribution in [2.75, 3.05) is 0 Å². The van der Waals surface area contributed by atoms with Gasteiger partial charge in [0.1, 0.15) is 0 Å². The van der Waals surface area contributed by atoms with Gasteiger partial charge in [-0.25, -0.2) is 0 Å². The van der Waals surface area contributed by atoms with Crippen molar-refractivity contribution in [3.05, 3.63) is 5.28 Å². The van der Waals surface area contributed by atoms with Crippen LogP contribution in [0.4, 0.5) is 0 Å². The molecule has 0 unspecified atom stereocenters. The molecule has 1 heterocycles. The maximum Gasteiger partial charge on any atom is 0.235 e. The van der Waals surface area contributed by atoms with E-state index in [1.165, 1.54) is 11.5 Å². The third kappa shape index (κ3) is 1.48. The number of aromatic nitrogens is 2. The van der Waals surface area contributed by atoms with Gasteiger partial charge in [0.15, 0.2) is 4.34 Å². The molecule has 0 fully saturated rings. The lowest BCUT2D eigenvalue weighted by Gasteiger charge is -1.72. The molecule has 0 saturated carbocycles. The molecule has 0 aliphatic rings. The van der Waals surface area contributed by atoms with Crippen LogP contribution in [0.5, 0.6) is 0 Å². The number of halogens is 2. The lowest BCUT2D eigenvalue weighted by Crippen LogP contribution is -1.61. The van der Waals surface area contributed by atoms with Crippen LogP contribution in [0.1, 0.15) is 0 Å². The predicted molar refractivity (Wildman–Crippen MR) is 36.6 cm³/mol. The Morgan fingerprint density at radius 3 is 2.62 bits per heavy atom. The number of hydrogen-bond donors (Lipinski definition) is 0. The molecule has 44 valence electrons. The molecule has 1 aromatic rings. The van der Waals surface area contributed by atoms with E-state index in [9.17, 15) is 0 Å².